The molecule has 126 valence electrons. The van der Waals surface area contributed by atoms with E-state index in [1.165, 1.54) is 0 Å². The molecular formula is C16H20N6O2. The SMILES string of the molecule is Cc1cc(C(=O)N2CC[C@@]3(C[C@H](Nc4cnccn4)CO3)C2)n[nH]1. The van der Waals surface area contributed by atoms with E-state index in [1.807, 2.05) is 11.8 Å². The van der Waals surface area contributed by atoms with E-state index in [4.69, 9.17) is 4.74 Å². The summed E-state index contributed by atoms with van der Waals surface area (Å²) >= 11 is 0. The quantitative estimate of drug-likeness (QED) is 0.872. The third-order valence-corrected chi connectivity index (χ3v) is 4.65. The number of hydrogen-bond donors (Lipinski definition) is 2. The van der Waals surface area contributed by atoms with Gasteiger partial charge >= 0.3 is 0 Å². The Bertz CT molecular complexity index is 733. The van der Waals surface area contributed by atoms with Crippen molar-refractivity contribution in [2.24, 2.45) is 0 Å². The minimum atomic E-state index is -0.263. The standard InChI is InChI=1S/C16H20N6O2/c1-11-6-13(21-20-11)15(23)22-5-2-16(10-22)7-12(9-24-16)19-14-8-17-3-4-18-14/h3-4,6,8,12H,2,5,7,9-10H2,1H3,(H,18,19)(H,20,21)/t12-,16+/m0/s1. The molecule has 2 saturated heterocycles. The zero-order chi connectivity index (χ0) is 16.6. The molecule has 0 unspecified atom stereocenters. The van der Waals surface area contributed by atoms with E-state index in [1.54, 1.807) is 24.7 Å². The second-order valence-electron chi connectivity index (χ2n) is 6.54. The first kappa shape index (κ1) is 15.1. The number of hydrogen-bond acceptors (Lipinski definition) is 6. The molecule has 0 radical (unpaired) electrons. The molecular weight excluding hydrogens is 308 g/mol. The van der Waals surface area contributed by atoms with Crippen molar-refractivity contribution in [3.8, 4) is 0 Å². The fourth-order valence-electron chi connectivity index (χ4n) is 3.51. The Morgan fingerprint density at radius 3 is 3.17 bits per heavy atom. The molecule has 1 spiro atoms. The Morgan fingerprint density at radius 2 is 2.42 bits per heavy atom. The van der Waals surface area contributed by atoms with Gasteiger partial charge in [0.2, 0.25) is 0 Å². The van der Waals surface area contributed by atoms with Gasteiger partial charge in [0.1, 0.15) is 11.5 Å². The van der Waals surface area contributed by atoms with Gasteiger partial charge in [-0.2, -0.15) is 5.10 Å². The third kappa shape index (κ3) is 2.84. The number of aromatic amines is 1. The molecule has 4 rings (SSSR count). The van der Waals surface area contributed by atoms with E-state index in [9.17, 15) is 4.79 Å². The monoisotopic (exact) mass is 328 g/mol. The predicted molar refractivity (Wildman–Crippen MR) is 86.6 cm³/mol. The number of nitrogens with zero attached hydrogens (tertiary/aromatic N) is 4. The highest BCUT2D eigenvalue weighted by atomic mass is 16.5. The molecule has 4 heterocycles. The lowest BCUT2D eigenvalue weighted by Gasteiger charge is -2.23. The van der Waals surface area contributed by atoms with Crippen LogP contribution in [0.15, 0.2) is 24.7 Å². The van der Waals surface area contributed by atoms with Crippen molar-refractivity contribution in [1.82, 2.24) is 25.1 Å². The van der Waals surface area contributed by atoms with Gasteiger partial charge in [-0.1, -0.05) is 0 Å². The first-order valence-corrected chi connectivity index (χ1v) is 8.11. The highest BCUT2D eigenvalue weighted by molar-refractivity contribution is 5.92. The van der Waals surface area contributed by atoms with Gasteiger partial charge in [0, 0.05) is 31.1 Å². The lowest BCUT2D eigenvalue weighted by molar-refractivity contribution is 0.0124. The lowest BCUT2D eigenvalue weighted by atomic mass is 9.97. The van der Waals surface area contributed by atoms with Crippen LogP contribution in [0.25, 0.3) is 0 Å². The number of likely N-dealkylation sites (tertiary alicyclic amines) is 1. The largest absolute Gasteiger partial charge is 0.371 e. The van der Waals surface area contributed by atoms with Crippen LogP contribution in [0.2, 0.25) is 0 Å². The molecule has 2 aromatic rings. The molecule has 2 aliphatic heterocycles. The van der Waals surface area contributed by atoms with Gasteiger partial charge in [0.15, 0.2) is 0 Å². The van der Waals surface area contributed by atoms with E-state index in [0.717, 1.165) is 24.4 Å². The predicted octanol–water partition coefficient (Wildman–Crippen LogP) is 0.994. The minimum absolute atomic E-state index is 0.0369. The number of aryl methyl sites for hydroxylation is 1. The number of rotatable bonds is 3. The topological polar surface area (TPSA) is 96.0 Å². The van der Waals surface area contributed by atoms with Gasteiger partial charge < -0.3 is 15.0 Å². The Kier molecular flexibility index (Phi) is 3.68. The zero-order valence-corrected chi connectivity index (χ0v) is 13.5. The molecule has 0 aromatic carbocycles. The fourth-order valence-corrected chi connectivity index (χ4v) is 3.51. The molecule has 0 aliphatic carbocycles. The molecule has 2 aromatic heterocycles. The summed E-state index contributed by atoms with van der Waals surface area (Å²) in [6, 6.07) is 1.96. The second-order valence-corrected chi connectivity index (χ2v) is 6.54. The zero-order valence-electron chi connectivity index (χ0n) is 13.5. The number of amides is 1. The van der Waals surface area contributed by atoms with E-state index < -0.39 is 0 Å². The minimum Gasteiger partial charge on any atom is -0.371 e. The Hall–Kier alpha value is -2.48. The molecule has 2 N–H and O–H groups in total. The van der Waals surface area contributed by atoms with E-state index in [0.29, 0.717) is 25.4 Å². The molecule has 8 nitrogen and oxygen atoms in total. The summed E-state index contributed by atoms with van der Waals surface area (Å²) in [5.41, 5.74) is 1.09. The summed E-state index contributed by atoms with van der Waals surface area (Å²) in [5, 5.41) is 10.2. The van der Waals surface area contributed by atoms with Crippen LogP contribution in [0, 0.1) is 6.92 Å². The molecule has 0 bridgehead atoms. The lowest BCUT2D eigenvalue weighted by Crippen LogP contribution is -2.36. The highest BCUT2D eigenvalue weighted by Crippen LogP contribution is 2.36. The summed E-state index contributed by atoms with van der Waals surface area (Å²) in [6.45, 7) is 3.80. The van der Waals surface area contributed by atoms with Crippen molar-refractivity contribution in [3.63, 3.8) is 0 Å². The van der Waals surface area contributed by atoms with Crippen molar-refractivity contribution in [3.05, 3.63) is 36.0 Å². The number of nitrogens with one attached hydrogen (secondary N) is 2. The average molecular weight is 328 g/mol. The van der Waals surface area contributed by atoms with Gasteiger partial charge in [-0.25, -0.2) is 4.98 Å². The van der Waals surface area contributed by atoms with E-state index in [2.05, 4.69) is 25.5 Å². The van der Waals surface area contributed by atoms with E-state index in [-0.39, 0.29) is 17.6 Å². The fraction of sp³-hybridized carbons (Fsp3) is 0.500. The van der Waals surface area contributed by atoms with Crippen molar-refractivity contribution in [1.29, 1.82) is 0 Å². The van der Waals surface area contributed by atoms with Gasteiger partial charge in [0.05, 0.1) is 31.0 Å². The van der Waals surface area contributed by atoms with Crippen molar-refractivity contribution in [2.75, 3.05) is 25.0 Å². The maximum atomic E-state index is 12.5. The number of carbonyl (C=O) groups is 1. The normalized spacial score (nSPS) is 26.2. The number of aromatic nitrogens is 4. The smallest absolute Gasteiger partial charge is 0.274 e. The van der Waals surface area contributed by atoms with Crippen molar-refractivity contribution < 1.29 is 9.53 Å². The maximum absolute atomic E-state index is 12.5. The van der Waals surface area contributed by atoms with Crippen LogP contribution in [0.4, 0.5) is 5.82 Å². The van der Waals surface area contributed by atoms with Gasteiger partial charge in [-0.05, 0) is 19.4 Å². The van der Waals surface area contributed by atoms with Crippen molar-refractivity contribution >= 4 is 11.7 Å². The van der Waals surface area contributed by atoms with Crippen LogP contribution in [-0.2, 0) is 4.74 Å². The Balaban J connectivity index is 1.38. The van der Waals surface area contributed by atoms with Gasteiger partial charge in [0.25, 0.3) is 5.91 Å². The summed E-state index contributed by atoms with van der Waals surface area (Å²) in [6.07, 6.45) is 6.72. The summed E-state index contributed by atoms with van der Waals surface area (Å²) < 4.78 is 6.07. The highest BCUT2D eigenvalue weighted by Gasteiger charge is 2.47. The molecule has 2 fully saturated rings. The van der Waals surface area contributed by atoms with Gasteiger partial charge in [-0.3, -0.25) is 14.9 Å². The summed E-state index contributed by atoms with van der Waals surface area (Å²) in [7, 11) is 0. The van der Waals surface area contributed by atoms with Crippen LogP contribution in [0.1, 0.15) is 29.0 Å². The van der Waals surface area contributed by atoms with E-state index >= 15 is 0 Å². The maximum Gasteiger partial charge on any atom is 0.274 e. The molecule has 24 heavy (non-hydrogen) atoms. The number of carbonyl (C=O) groups excluding carboxylic acids is 1. The summed E-state index contributed by atoms with van der Waals surface area (Å²) in [4.78, 5) is 22.7. The van der Waals surface area contributed by atoms with Crippen LogP contribution in [0.3, 0.4) is 0 Å². The van der Waals surface area contributed by atoms with Crippen LogP contribution >= 0.6 is 0 Å². The van der Waals surface area contributed by atoms with Crippen LogP contribution in [-0.4, -0.2) is 62.3 Å². The van der Waals surface area contributed by atoms with Crippen LogP contribution in [0.5, 0.6) is 0 Å². The molecule has 8 heteroatoms. The number of ether oxygens (including phenoxy) is 1. The first-order valence-electron chi connectivity index (χ1n) is 8.11. The summed E-state index contributed by atoms with van der Waals surface area (Å²) in [5.74, 6) is 0.714. The average Bonchev–Trinajstić information content (AvgIpc) is 3.30. The first-order chi connectivity index (χ1) is 11.6. The molecule has 0 saturated carbocycles. The second kappa shape index (κ2) is 5.86. The molecule has 2 aliphatic rings. The van der Waals surface area contributed by atoms with Crippen LogP contribution < -0.4 is 5.32 Å². The van der Waals surface area contributed by atoms with Gasteiger partial charge in [-0.15, -0.1) is 0 Å². The number of anilines is 1. The Labute approximate surface area is 139 Å². The van der Waals surface area contributed by atoms with Crippen molar-refractivity contribution in [2.45, 2.75) is 31.4 Å². The molecule has 1 amide bonds. The Morgan fingerprint density at radius 1 is 1.50 bits per heavy atom. The number of H-pyrrole nitrogens is 1. The third-order valence-electron chi connectivity index (χ3n) is 4.65. The molecule has 2 atom stereocenters.